The maximum Gasteiger partial charge on any atom is 0.123 e. The van der Waals surface area contributed by atoms with Gasteiger partial charge in [-0.05, 0) is 67.1 Å². The number of halogens is 2. The molecule has 1 unspecified atom stereocenters. The van der Waals surface area contributed by atoms with Crippen LogP contribution in [0.1, 0.15) is 30.0 Å². The lowest BCUT2D eigenvalue weighted by atomic mass is 10.0. The number of hydrogen-bond acceptors (Lipinski definition) is 1. The van der Waals surface area contributed by atoms with Crippen LogP contribution in [0.15, 0.2) is 42.5 Å². The lowest BCUT2D eigenvalue weighted by Crippen LogP contribution is -2.13. The van der Waals surface area contributed by atoms with E-state index in [4.69, 9.17) is 11.6 Å². The smallest absolute Gasteiger partial charge is 0.123 e. The summed E-state index contributed by atoms with van der Waals surface area (Å²) in [5.74, 6) is 0.446. The molecule has 2 aromatic rings. The molecule has 0 amide bonds. The maximum absolute atomic E-state index is 13.1. The molecular formula is C17H17ClFN. The van der Waals surface area contributed by atoms with Crippen molar-refractivity contribution < 1.29 is 4.39 Å². The summed E-state index contributed by atoms with van der Waals surface area (Å²) in [6, 6.07) is 12.9. The van der Waals surface area contributed by atoms with Gasteiger partial charge < -0.3 is 5.32 Å². The van der Waals surface area contributed by atoms with Crippen LogP contribution in [-0.4, -0.2) is 0 Å². The zero-order chi connectivity index (χ0) is 14.1. The molecule has 0 heterocycles. The van der Waals surface area contributed by atoms with E-state index in [-0.39, 0.29) is 11.9 Å². The van der Waals surface area contributed by atoms with E-state index < -0.39 is 0 Å². The molecule has 2 aromatic carbocycles. The number of rotatable bonds is 4. The molecule has 3 heteroatoms. The fourth-order valence-corrected chi connectivity index (χ4v) is 2.76. The molecule has 0 bridgehead atoms. The van der Waals surface area contributed by atoms with Crippen molar-refractivity contribution in [3.05, 3.63) is 64.4 Å². The van der Waals surface area contributed by atoms with Gasteiger partial charge in [0.15, 0.2) is 0 Å². The topological polar surface area (TPSA) is 12.0 Å². The van der Waals surface area contributed by atoms with Gasteiger partial charge in [0, 0.05) is 10.7 Å². The third-order valence-corrected chi connectivity index (χ3v) is 4.06. The van der Waals surface area contributed by atoms with Gasteiger partial charge in [0.1, 0.15) is 5.82 Å². The van der Waals surface area contributed by atoms with Gasteiger partial charge in [0.05, 0.1) is 6.04 Å². The van der Waals surface area contributed by atoms with E-state index in [1.165, 1.54) is 25.0 Å². The minimum atomic E-state index is -0.189. The first-order valence-corrected chi connectivity index (χ1v) is 7.29. The van der Waals surface area contributed by atoms with E-state index in [2.05, 4.69) is 5.32 Å². The van der Waals surface area contributed by atoms with E-state index in [1.54, 1.807) is 0 Å². The Labute approximate surface area is 123 Å². The van der Waals surface area contributed by atoms with Gasteiger partial charge in [-0.15, -0.1) is 0 Å². The molecule has 0 spiro atoms. The SMILES string of the molecule is Cc1cc(Cl)ccc1NC(c1ccc(F)cc1)C1CC1. The molecule has 1 N–H and O–H groups in total. The third-order valence-electron chi connectivity index (χ3n) is 3.82. The van der Waals surface area contributed by atoms with Crippen molar-refractivity contribution in [1.82, 2.24) is 0 Å². The third kappa shape index (κ3) is 2.96. The highest BCUT2D eigenvalue weighted by Gasteiger charge is 2.32. The summed E-state index contributed by atoms with van der Waals surface area (Å²) >= 11 is 5.99. The molecule has 1 fully saturated rings. The lowest BCUT2D eigenvalue weighted by molar-refractivity contribution is 0.622. The largest absolute Gasteiger partial charge is 0.378 e. The number of hydrogen-bond donors (Lipinski definition) is 1. The van der Waals surface area contributed by atoms with Gasteiger partial charge in [-0.2, -0.15) is 0 Å². The average Bonchev–Trinajstić information content (AvgIpc) is 3.24. The van der Waals surface area contributed by atoms with Gasteiger partial charge >= 0.3 is 0 Å². The van der Waals surface area contributed by atoms with Crippen molar-refractivity contribution in [1.29, 1.82) is 0 Å². The van der Waals surface area contributed by atoms with Crippen LogP contribution in [0, 0.1) is 18.7 Å². The molecule has 20 heavy (non-hydrogen) atoms. The van der Waals surface area contributed by atoms with Crippen molar-refractivity contribution in [2.24, 2.45) is 5.92 Å². The summed E-state index contributed by atoms with van der Waals surface area (Å²) in [6.45, 7) is 2.04. The molecule has 3 rings (SSSR count). The first-order chi connectivity index (χ1) is 9.63. The Morgan fingerprint density at radius 2 is 1.85 bits per heavy atom. The molecule has 0 saturated heterocycles. The van der Waals surface area contributed by atoms with E-state index in [9.17, 15) is 4.39 Å². The zero-order valence-electron chi connectivity index (χ0n) is 11.4. The normalized spacial score (nSPS) is 15.9. The van der Waals surface area contributed by atoms with Crippen LogP contribution in [0.4, 0.5) is 10.1 Å². The molecule has 1 nitrogen and oxygen atoms in total. The Bertz CT molecular complexity index is 605. The van der Waals surface area contributed by atoms with Crippen molar-refractivity contribution in [3.8, 4) is 0 Å². The Morgan fingerprint density at radius 3 is 2.45 bits per heavy atom. The molecule has 104 valence electrons. The fraction of sp³-hybridized carbons (Fsp3) is 0.294. The molecule has 0 aliphatic heterocycles. The van der Waals surface area contributed by atoms with Gasteiger partial charge in [-0.25, -0.2) is 4.39 Å². The fourth-order valence-electron chi connectivity index (χ4n) is 2.53. The lowest BCUT2D eigenvalue weighted by Gasteiger charge is -2.21. The van der Waals surface area contributed by atoms with Gasteiger partial charge in [0.2, 0.25) is 0 Å². The molecule has 1 atom stereocenters. The van der Waals surface area contributed by atoms with Crippen LogP contribution in [0.25, 0.3) is 0 Å². The van der Waals surface area contributed by atoms with Gasteiger partial charge in [-0.1, -0.05) is 23.7 Å². The second kappa shape index (κ2) is 5.45. The predicted molar refractivity (Wildman–Crippen MR) is 81.7 cm³/mol. The van der Waals surface area contributed by atoms with Crippen LogP contribution in [0.5, 0.6) is 0 Å². The Balaban J connectivity index is 1.86. The molecule has 1 saturated carbocycles. The predicted octanol–water partition coefficient (Wildman–Crippen LogP) is 5.35. The second-order valence-corrected chi connectivity index (χ2v) is 5.91. The van der Waals surface area contributed by atoms with Crippen molar-refractivity contribution in [3.63, 3.8) is 0 Å². The first kappa shape index (κ1) is 13.4. The monoisotopic (exact) mass is 289 g/mol. The van der Waals surface area contributed by atoms with Crippen molar-refractivity contribution in [2.75, 3.05) is 5.32 Å². The highest BCUT2D eigenvalue weighted by atomic mass is 35.5. The van der Waals surface area contributed by atoms with E-state index in [1.807, 2.05) is 37.3 Å². The minimum Gasteiger partial charge on any atom is -0.378 e. The van der Waals surface area contributed by atoms with E-state index in [0.717, 1.165) is 21.8 Å². The molecule has 0 radical (unpaired) electrons. The maximum atomic E-state index is 13.1. The molecule has 1 aliphatic carbocycles. The van der Waals surface area contributed by atoms with E-state index in [0.29, 0.717) is 5.92 Å². The summed E-state index contributed by atoms with van der Waals surface area (Å²) in [7, 11) is 0. The van der Waals surface area contributed by atoms with Gasteiger partial charge in [-0.3, -0.25) is 0 Å². The summed E-state index contributed by atoms with van der Waals surface area (Å²) in [4.78, 5) is 0. The summed E-state index contributed by atoms with van der Waals surface area (Å²) in [5.41, 5.74) is 3.36. The zero-order valence-corrected chi connectivity index (χ0v) is 12.1. The number of aryl methyl sites for hydroxylation is 1. The Hall–Kier alpha value is -1.54. The van der Waals surface area contributed by atoms with Crippen molar-refractivity contribution in [2.45, 2.75) is 25.8 Å². The summed E-state index contributed by atoms with van der Waals surface area (Å²) < 4.78 is 13.1. The first-order valence-electron chi connectivity index (χ1n) is 6.91. The summed E-state index contributed by atoms with van der Waals surface area (Å²) in [5, 5.41) is 4.34. The Kier molecular flexibility index (Phi) is 3.66. The van der Waals surface area contributed by atoms with Crippen LogP contribution in [0.2, 0.25) is 5.02 Å². The van der Waals surface area contributed by atoms with Crippen LogP contribution < -0.4 is 5.32 Å². The standard InChI is InChI=1S/C17H17ClFN/c1-11-10-14(18)6-9-16(11)20-17(12-2-3-12)13-4-7-15(19)8-5-13/h4-10,12,17,20H,2-3H2,1H3. The van der Waals surface area contributed by atoms with Crippen LogP contribution >= 0.6 is 11.6 Å². The quantitative estimate of drug-likeness (QED) is 0.800. The second-order valence-electron chi connectivity index (χ2n) is 5.47. The Morgan fingerprint density at radius 1 is 1.15 bits per heavy atom. The highest BCUT2D eigenvalue weighted by molar-refractivity contribution is 6.30. The van der Waals surface area contributed by atoms with Gasteiger partial charge in [0.25, 0.3) is 0 Å². The molecule has 0 aromatic heterocycles. The van der Waals surface area contributed by atoms with Crippen molar-refractivity contribution >= 4 is 17.3 Å². The molecule has 1 aliphatic rings. The highest BCUT2D eigenvalue weighted by Crippen LogP contribution is 2.43. The minimum absolute atomic E-state index is 0.189. The van der Waals surface area contributed by atoms with E-state index >= 15 is 0 Å². The molecular weight excluding hydrogens is 273 g/mol. The number of anilines is 1. The number of benzene rings is 2. The average molecular weight is 290 g/mol. The van der Waals surface area contributed by atoms with Crippen LogP contribution in [0.3, 0.4) is 0 Å². The summed E-state index contributed by atoms with van der Waals surface area (Å²) in [6.07, 6.45) is 2.45. The number of nitrogens with one attached hydrogen (secondary N) is 1. The van der Waals surface area contributed by atoms with Crippen LogP contribution in [-0.2, 0) is 0 Å².